The Kier molecular flexibility index (Phi) is 3.93. The van der Waals surface area contributed by atoms with E-state index in [0.717, 1.165) is 25.9 Å². The summed E-state index contributed by atoms with van der Waals surface area (Å²) in [5.74, 6) is 1.17. The number of ether oxygens (including phenoxy) is 2. The van der Waals surface area contributed by atoms with Crippen LogP contribution in [0.2, 0.25) is 0 Å². The van der Waals surface area contributed by atoms with E-state index in [1.807, 2.05) is 0 Å². The van der Waals surface area contributed by atoms with Crippen molar-refractivity contribution in [1.82, 2.24) is 15.3 Å². The first kappa shape index (κ1) is 11.1. The molecule has 1 fully saturated rings. The Morgan fingerprint density at radius 1 is 1.44 bits per heavy atom. The van der Waals surface area contributed by atoms with E-state index in [1.165, 1.54) is 6.33 Å². The average Bonchev–Trinajstić information content (AvgIpc) is 2.80. The standard InChI is InChI=1S/C11H17N3O2/c1-2-5-15-10-6-11(14-8-13-10)16-9-3-4-12-7-9/h6,8-9,12H,2-5,7H2,1H3. The normalized spacial score (nSPS) is 19.7. The fraction of sp³-hybridized carbons (Fsp3) is 0.636. The number of hydrogen-bond donors (Lipinski definition) is 1. The molecule has 1 aromatic heterocycles. The van der Waals surface area contributed by atoms with E-state index in [9.17, 15) is 0 Å². The van der Waals surface area contributed by atoms with E-state index >= 15 is 0 Å². The maximum absolute atomic E-state index is 5.70. The van der Waals surface area contributed by atoms with Gasteiger partial charge in [-0.3, -0.25) is 0 Å². The van der Waals surface area contributed by atoms with Gasteiger partial charge in [0.1, 0.15) is 12.4 Å². The summed E-state index contributed by atoms with van der Waals surface area (Å²) >= 11 is 0. The third-order valence-electron chi connectivity index (χ3n) is 2.37. The fourth-order valence-electron chi connectivity index (χ4n) is 1.57. The largest absolute Gasteiger partial charge is 0.478 e. The van der Waals surface area contributed by atoms with Crippen molar-refractivity contribution < 1.29 is 9.47 Å². The van der Waals surface area contributed by atoms with Crippen LogP contribution in [0.5, 0.6) is 11.8 Å². The average molecular weight is 223 g/mol. The van der Waals surface area contributed by atoms with Crippen molar-refractivity contribution in [3.63, 3.8) is 0 Å². The summed E-state index contributed by atoms with van der Waals surface area (Å²) in [7, 11) is 0. The van der Waals surface area contributed by atoms with Crippen LogP contribution in [0.3, 0.4) is 0 Å². The van der Waals surface area contributed by atoms with Gasteiger partial charge in [0, 0.05) is 6.54 Å². The predicted molar refractivity (Wildman–Crippen MR) is 59.7 cm³/mol. The zero-order valence-corrected chi connectivity index (χ0v) is 9.48. The van der Waals surface area contributed by atoms with E-state index in [1.54, 1.807) is 6.07 Å². The van der Waals surface area contributed by atoms with Crippen molar-refractivity contribution in [2.75, 3.05) is 19.7 Å². The monoisotopic (exact) mass is 223 g/mol. The Morgan fingerprint density at radius 3 is 3.06 bits per heavy atom. The zero-order valence-electron chi connectivity index (χ0n) is 9.48. The first-order valence-electron chi connectivity index (χ1n) is 5.70. The van der Waals surface area contributed by atoms with Crippen molar-refractivity contribution in [2.45, 2.75) is 25.9 Å². The van der Waals surface area contributed by atoms with Gasteiger partial charge in [0.2, 0.25) is 11.8 Å². The molecule has 1 saturated heterocycles. The first-order valence-corrected chi connectivity index (χ1v) is 5.70. The Morgan fingerprint density at radius 2 is 2.31 bits per heavy atom. The van der Waals surface area contributed by atoms with Gasteiger partial charge in [0.05, 0.1) is 12.7 Å². The maximum atomic E-state index is 5.70. The third kappa shape index (κ3) is 3.06. The van der Waals surface area contributed by atoms with Crippen molar-refractivity contribution >= 4 is 0 Å². The minimum absolute atomic E-state index is 0.217. The summed E-state index contributed by atoms with van der Waals surface area (Å²) in [6.45, 7) is 4.62. The second-order valence-electron chi connectivity index (χ2n) is 3.78. The number of nitrogens with one attached hydrogen (secondary N) is 1. The molecule has 0 aliphatic carbocycles. The molecule has 0 radical (unpaired) electrons. The molecule has 5 nitrogen and oxygen atoms in total. The lowest BCUT2D eigenvalue weighted by Gasteiger charge is -2.11. The molecule has 2 heterocycles. The van der Waals surface area contributed by atoms with Crippen LogP contribution in [0.15, 0.2) is 12.4 Å². The number of nitrogens with zero attached hydrogens (tertiary/aromatic N) is 2. The Balaban J connectivity index is 1.92. The van der Waals surface area contributed by atoms with Crippen molar-refractivity contribution in [2.24, 2.45) is 0 Å². The van der Waals surface area contributed by atoms with Crippen LogP contribution in [-0.4, -0.2) is 35.8 Å². The quantitative estimate of drug-likeness (QED) is 0.807. The minimum Gasteiger partial charge on any atom is -0.478 e. The zero-order chi connectivity index (χ0) is 11.2. The third-order valence-corrected chi connectivity index (χ3v) is 2.37. The molecular formula is C11H17N3O2. The Hall–Kier alpha value is -1.36. The molecule has 1 N–H and O–H groups in total. The molecule has 1 aliphatic heterocycles. The summed E-state index contributed by atoms with van der Waals surface area (Å²) in [4.78, 5) is 8.09. The molecule has 0 bridgehead atoms. The lowest BCUT2D eigenvalue weighted by molar-refractivity contribution is 0.211. The Labute approximate surface area is 95.2 Å². The van der Waals surface area contributed by atoms with Crippen LogP contribution < -0.4 is 14.8 Å². The van der Waals surface area contributed by atoms with Gasteiger partial charge >= 0.3 is 0 Å². The second kappa shape index (κ2) is 5.65. The van der Waals surface area contributed by atoms with Gasteiger partial charge < -0.3 is 14.8 Å². The SMILES string of the molecule is CCCOc1cc(OC2CCNC2)ncn1. The summed E-state index contributed by atoms with van der Waals surface area (Å²) < 4.78 is 11.1. The number of aromatic nitrogens is 2. The van der Waals surface area contributed by atoms with Crippen LogP contribution >= 0.6 is 0 Å². The molecule has 0 amide bonds. The van der Waals surface area contributed by atoms with E-state index in [0.29, 0.717) is 18.4 Å². The van der Waals surface area contributed by atoms with Gasteiger partial charge in [0.15, 0.2) is 0 Å². The van der Waals surface area contributed by atoms with E-state index in [2.05, 4.69) is 22.2 Å². The molecule has 1 atom stereocenters. The van der Waals surface area contributed by atoms with Crippen LogP contribution in [0, 0.1) is 0 Å². The highest BCUT2D eigenvalue weighted by Crippen LogP contribution is 2.16. The highest BCUT2D eigenvalue weighted by atomic mass is 16.5. The molecule has 0 spiro atoms. The molecule has 88 valence electrons. The van der Waals surface area contributed by atoms with E-state index < -0.39 is 0 Å². The van der Waals surface area contributed by atoms with Gasteiger partial charge in [0.25, 0.3) is 0 Å². The molecule has 0 saturated carbocycles. The summed E-state index contributed by atoms with van der Waals surface area (Å²) in [5.41, 5.74) is 0. The number of hydrogen-bond acceptors (Lipinski definition) is 5. The lowest BCUT2D eigenvalue weighted by Crippen LogP contribution is -2.20. The van der Waals surface area contributed by atoms with Gasteiger partial charge in [-0.15, -0.1) is 0 Å². The van der Waals surface area contributed by atoms with Crippen molar-refractivity contribution in [1.29, 1.82) is 0 Å². The van der Waals surface area contributed by atoms with Crippen LogP contribution in [0.1, 0.15) is 19.8 Å². The van der Waals surface area contributed by atoms with E-state index in [4.69, 9.17) is 9.47 Å². The minimum atomic E-state index is 0.217. The summed E-state index contributed by atoms with van der Waals surface area (Å²) in [6, 6.07) is 1.74. The molecule has 2 rings (SSSR count). The van der Waals surface area contributed by atoms with Crippen LogP contribution in [0.4, 0.5) is 0 Å². The van der Waals surface area contributed by atoms with Gasteiger partial charge in [-0.05, 0) is 19.4 Å². The highest BCUT2D eigenvalue weighted by molar-refractivity contribution is 5.18. The molecule has 1 aliphatic rings. The smallest absolute Gasteiger partial charge is 0.220 e. The number of rotatable bonds is 5. The predicted octanol–water partition coefficient (Wildman–Crippen LogP) is 1.01. The van der Waals surface area contributed by atoms with Crippen molar-refractivity contribution in [3.05, 3.63) is 12.4 Å². The topological polar surface area (TPSA) is 56.3 Å². The summed E-state index contributed by atoms with van der Waals surface area (Å²) in [6.07, 6.45) is 3.68. The molecule has 1 aromatic rings. The van der Waals surface area contributed by atoms with Crippen molar-refractivity contribution in [3.8, 4) is 11.8 Å². The lowest BCUT2D eigenvalue weighted by atomic mass is 10.3. The van der Waals surface area contributed by atoms with Crippen LogP contribution in [0.25, 0.3) is 0 Å². The molecule has 16 heavy (non-hydrogen) atoms. The maximum Gasteiger partial charge on any atom is 0.220 e. The highest BCUT2D eigenvalue weighted by Gasteiger charge is 2.16. The second-order valence-corrected chi connectivity index (χ2v) is 3.78. The Bertz CT molecular complexity index is 327. The molecule has 5 heteroatoms. The first-order chi connectivity index (χ1) is 7.88. The molecular weight excluding hydrogens is 206 g/mol. The molecule has 0 aromatic carbocycles. The van der Waals surface area contributed by atoms with Gasteiger partial charge in [-0.1, -0.05) is 6.92 Å². The molecule has 1 unspecified atom stereocenters. The summed E-state index contributed by atoms with van der Waals surface area (Å²) in [5, 5.41) is 3.24. The van der Waals surface area contributed by atoms with Crippen LogP contribution in [-0.2, 0) is 0 Å². The van der Waals surface area contributed by atoms with Gasteiger partial charge in [-0.25, -0.2) is 9.97 Å². The van der Waals surface area contributed by atoms with E-state index in [-0.39, 0.29) is 6.10 Å². The fourth-order valence-corrected chi connectivity index (χ4v) is 1.57. The van der Waals surface area contributed by atoms with Gasteiger partial charge in [-0.2, -0.15) is 0 Å².